The molecule has 1 aromatic carbocycles. The topological polar surface area (TPSA) is 26.0 Å². The van der Waals surface area contributed by atoms with E-state index in [0.29, 0.717) is 0 Å². The average Bonchev–Trinajstić information content (AvgIpc) is 2.89. The van der Waals surface area contributed by atoms with Gasteiger partial charge in [-0.25, -0.2) is 13.2 Å². The summed E-state index contributed by atoms with van der Waals surface area (Å²) in [5.41, 5.74) is 5.31. The molecule has 0 spiro atoms. The van der Waals surface area contributed by atoms with Gasteiger partial charge in [0, 0.05) is 5.54 Å². The van der Waals surface area contributed by atoms with Crippen molar-refractivity contribution < 1.29 is 13.2 Å². The van der Waals surface area contributed by atoms with Crippen LogP contribution in [0.1, 0.15) is 18.4 Å². The first-order valence-corrected chi connectivity index (χ1v) is 5.33. The predicted octanol–water partition coefficient (Wildman–Crippen LogP) is 2.90. The number of benzene rings is 1. The fourth-order valence-electron chi connectivity index (χ4n) is 1.47. The van der Waals surface area contributed by atoms with Crippen LogP contribution in [-0.4, -0.2) is 5.54 Å². The molecule has 0 radical (unpaired) electrons. The first-order valence-electron chi connectivity index (χ1n) is 4.54. The van der Waals surface area contributed by atoms with Gasteiger partial charge in [-0.2, -0.15) is 0 Å². The molecule has 0 heterocycles. The molecule has 1 nitrogen and oxygen atoms in total. The summed E-state index contributed by atoms with van der Waals surface area (Å²) in [6.45, 7) is 0. The van der Waals surface area contributed by atoms with Crippen LogP contribution in [0.4, 0.5) is 13.2 Å². The second-order valence-corrected chi connectivity index (χ2v) is 4.79. The number of hydrogen-bond acceptors (Lipinski definition) is 1. The van der Waals surface area contributed by atoms with E-state index in [-0.39, 0.29) is 12.0 Å². The van der Waals surface area contributed by atoms with Crippen molar-refractivity contribution in [1.82, 2.24) is 0 Å². The second kappa shape index (κ2) is 3.49. The molecule has 2 rings (SSSR count). The van der Waals surface area contributed by atoms with Crippen LogP contribution in [0.3, 0.4) is 0 Å². The van der Waals surface area contributed by atoms with E-state index in [2.05, 4.69) is 15.9 Å². The monoisotopic (exact) mass is 279 g/mol. The molecular formula is C10H9BrF3N. The van der Waals surface area contributed by atoms with Crippen molar-refractivity contribution in [3.8, 4) is 0 Å². The number of rotatable bonds is 2. The zero-order valence-corrected chi connectivity index (χ0v) is 9.37. The largest absolute Gasteiger partial charge is 0.325 e. The first-order chi connectivity index (χ1) is 6.93. The van der Waals surface area contributed by atoms with Crippen LogP contribution in [0.2, 0.25) is 0 Å². The van der Waals surface area contributed by atoms with E-state index in [1.54, 1.807) is 0 Å². The minimum absolute atomic E-state index is 0.00759. The summed E-state index contributed by atoms with van der Waals surface area (Å²) in [6, 6.07) is 0.995. The summed E-state index contributed by atoms with van der Waals surface area (Å²) in [4.78, 5) is 0. The van der Waals surface area contributed by atoms with Gasteiger partial charge in [0.2, 0.25) is 0 Å². The van der Waals surface area contributed by atoms with Gasteiger partial charge in [0.25, 0.3) is 0 Å². The quantitative estimate of drug-likeness (QED) is 0.654. The third-order valence-corrected chi connectivity index (χ3v) is 3.34. The highest BCUT2D eigenvalue weighted by Crippen LogP contribution is 2.37. The number of nitrogens with two attached hydrogens (primary N) is 1. The van der Waals surface area contributed by atoms with Crippen LogP contribution in [0.5, 0.6) is 0 Å². The van der Waals surface area contributed by atoms with E-state index in [0.717, 1.165) is 18.9 Å². The van der Waals surface area contributed by atoms with Gasteiger partial charge in [0.05, 0.1) is 4.47 Å². The maximum absolute atomic E-state index is 13.4. The zero-order valence-electron chi connectivity index (χ0n) is 7.79. The van der Waals surface area contributed by atoms with Gasteiger partial charge in [-0.15, -0.1) is 0 Å². The summed E-state index contributed by atoms with van der Waals surface area (Å²) >= 11 is 2.64. The molecule has 0 aliphatic heterocycles. The van der Waals surface area contributed by atoms with E-state index in [4.69, 9.17) is 5.73 Å². The van der Waals surface area contributed by atoms with E-state index in [9.17, 15) is 13.2 Å². The Hall–Kier alpha value is -0.550. The Morgan fingerprint density at radius 1 is 1.27 bits per heavy atom. The molecule has 2 N–H and O–H groups in total. The van der Waals surface area contributed by atoms with Crippen molar-refractivity contribution in [3.63, 3.8) is 0 Å². The lowest BCUT2D eigenvalue weighted by Crippen LogP contribution is -2.25. The van der Waals surface area contributed by atoms with Crippen molar-refractivity contribution in [3.05, 3.63) is 33.6 Å². The highest BCUT2D eigenvalue weighted by Gasteiger charge is 2.39. The minimum Gasteiger partial charge on any atom is -0.325 e. The van der Waals surface area contributed by atoms with E-state index in [1.165, 1.54) is 0 Å². The molecule has 1 aliphatic rings. The lowest BCUT2D eigenvalue weighted by Gasteiger charge is -2.10. The SMILES string of the molecule is NC1(Cc2cc(F)c(Br)c(F)c2F)CC1. The van der Waals surface area contributed by atoms with E-state index in [1.807, 2.05) is 0 Å². The van der Waals surface area contributed by atoms with Gasteiger partial charge in [-0.05, 0) is 46.8 Å². The molecule has 5 heteroatoms. The van der Waals surface area contributed by atoms with Crippen LogP contribution in [0.25, 0.3) is 0 Å². The van der Waals surface area contributed by atoms with Gasteiger partial charge in [-0.3, -0.25) is 0 Å². The molecule has 15 heavy (non-hydrogen) atoms. The Bertz CT molecular complexity index is 416. The number of hydrogen-bond donors (Lipinski definition) is 1. The van der Waals surface area contributed by atoms with E-state index < -0.39 is 27.5 Å². The van der Waals surface area contributed by atoms with Gasteiger partial charge in [0.1, 0.15) is 5.82 Å². The van der Waals surface area contributed by atoms with E-state index >= 15 is 0 Å². The smallest absolute Gasteiger partial charge is 0.176 e. The third-order valence-electron chi connectivity index (χ3n) is 2.61. The van der Waals surface area contributed by atoms with Gasteiger partial charge in [0.15, 0.2) is 11.6 Å². The van der Waals surface area contributed by atoms with Crippen molar-refractivity contribution >= 4 is 15.9 Å². The average molecular weight is 280 g/mol. The number of halogens is 4. The normalized spacial score (nSPS) is 17.9. The Labute approximate surface area is 93.6 Å². The first kappa shape index (κ1) is 11.0. The second-order valence-electron chi connectivity index (χ2n) is 4.00. The van der Waals surface area contributed by atoms with Crippen molar-refractivity contribution in [2.45, 2.75) is 24.8 Å². The Morgan fingerprint density at radius 2 is 1.87 bits per heavy atom. The highest BCUT2D eigenvalue weighted by atomic mass is 79.9. The molecule has 0 unspecified atom stereocenters. The summed E-state index contributed by atoms with van der Waals surface area (Å²) < 4.78 is 39.2. The maximum atomic E-state index is 13.4. The molecule has 1 fully saturated rings. The van der Waals surface area contributed by atoms with Gasteiger partial charge >= 0.3 is 0 Å². The summed E-state index contributed by atoms with van der Waals surface area (Å²) in [5, 5.41) is 0. The van der Waals surface area contributed by atoms with Crippen LogP contribution in [-0.2, 0) is 6.42 Å². The van der Waals surface area contributed by atoms with Gasteiger partial charge in [-0.1, -0.05) is 0 Å². The molecule has 0 atom stereocenters. The lowest BCUT2D eigenvalue weighted by molar-refractivity contribution is 0.472. The Kier molecular flexibility index (Phi) is 2.55. The Balaban J connectivity index is 2.39. The molecule has 0 aromatic heterocycles. The van der Waals surface area contributed by atoms with Crippen molar-refractivity contribution in [2.24, 2.45) is 5.73 Å². The molecular weight excluding hydrogens is 271 g/mol. The molecule has 0 saturated heterocycles. The minimum atomic E-state index is -1.19. The molecule has 1 saturated carbocycles. The third kappa shape index (κ3) is 2.03. The fraction of sp³-hybridized carbons (Fsp3) is 0.400. The molecule has 0 amide bonds. The fourth-order valence-corrected chi connectivity index (χ4v) is 1.76. The zero-order chi connectivity index (χ0) is 11.2. The van der Waals surface area contributed by atoms with Crippen LogP contribution in [0, 0.1) is 17.5 Å². The lowest BCUT2D eigenvalue weighted by atomic mass is 10.0. The van der Waals surface area contributed by atoms with Gasteiger partial charge < -0.3 is 5.73 Å². The summed E-state index contributed by atoms with van der Waals surface area (Å²) in [7, 11) is 0. The Morgan fingerprint density at radius 3 is 2.40 bits per heavy atom. The maximum Gasteiger partial charge on any atom is 0.176 e. The highest BCUT2D eigenvalue weighted by molar-refractivity contribution is 9.10. The molecule has 0 bridgehead atoms. The van der Waals surface area contributed by atoms with Crippen LogP contribution in [0.15, 0.2) is 10.5 Å². The standard InChI is InChI=1S/C10H9BrF3N/c11-7-6(12)3-5(8(13)9(7)14)4-10(15)1-2-10/h3H,1-2,4,15H2. The van der Waals surface area contributed by atoms with Crippen LogP contribution >= 0.6 is 15.9 Å². The van der Waals surface area contributed by atoms with Crippen LogP contribution < -0.4 is 5.73 Å². The van der Waals surface area contributed by atoms with Crippen molar-refractivity contribution in [1.29, 1.82) is 0 Å². The molecule has 1 aromatic rings. The summed E-state index contributed by atoms with van der Waals surface area (Å²) in [5.74, 6) is -3.00. The molecule has 1 aliphatic carbocycles. The van der Waals surface area contributed by atoms with Crippen molar-refractivity contribution in [2.75, 3.05) is 0 Å². The summed E-state index contributed by atoms with van der Waals surface area (Å²) in [6.07, 6.45) is 1.72. The molecule has 82 valence electrons. The predicted molar refractivity (Wildman–Crippen MR) is 53.9 cm³/mol.